The normalized spacial score (nSPS) is 9.78. The van der Waals surface area contributed by atoms with Gasteiger partial charge >= 0.3 is 0 Å². The monoisotopic (exact) mass is 307 g/mol. The minimum absolute atomic E-state index is 0.848. The second-order valence-electron chi connectivity index (χ2n) is 6.03. The van der Waals surface area contributed by atoms with E-state index in [1.165, 1.54) is 22.4 Å². The summed E-state index contributed by atoms with van der Waals surface area (Å²) in [6.07, 6.45) is 3.78. The number of anilines is 1. The molecule has 23 heavy (non-hydrogen) atoms. The highest BCUT2D eigenvalue weighted by Crippen LogP contribution is 2.30. The zero-order chi connectivity index (χ0) is 17.6. The highest BCUT2D eigenvalue weighted by molar-refractivity contribution is 5.71. The summed E-state index contributed by atoms with van der Waals surface area (Å²) >= 11 is 0. The summed E-state index contributed by atoms with van der Waals surface area (Å²) in [5, 5.41) is 0. The molecule has 1 aromatic rings. The number of likely N-dealkylation sites (N-methyl/N-ethyl adjacent to an activating group) is 1. The molecular formula is C22H29N. The molecular weight excluding hydrogens is 278 g/mol. The van der Waals surface area contributed by atoms with Gasteiger partial charge in [0.2, 0.25) is 0 Å². The van der Waals surface area contributed by atoms with Crippen LogP contribution in [0.25, 0.3) is 5.57 Å². The van der Waals surface area contributed by atoms with Gasteiger partial charge in [-0.1, -0.05) is 38.3 Å². The Morgan fingerprint density at radius 3 is 2.35 bits per heavy atom. The maximum Gasteiger partial charge on any atom is 0.0440 e. The number of nitrogens with zero attached hydrogens (tertiary/aromatic N) is 1. The number of aryl methyl sites for hydroxylation is 1. The molecule has 1 rings (SSSR count). The molecule has 0 aliphatic rings. The van der Waals surface area contributed by atoms with E-state index in [9.17, 15) is 0 Å². The van der Waals surface area contributed by atoms with Gasteiger partial charge in [-0.25, -0.2) is 0 Å². The van der Waals surface area contributed by atoms with E-state index in [0.717, 1.165) is 29.7 Å². The van der Waals surface area contributed by atoms with Crippen molar-refractivity contribution in [1.29, 1.82) is 0 Å². The molecule has 1 nitrogen and oxygen atoms in total. The zero-order valence-electron chi connectivity index (χ0n) is 15.3. The second-order valence-corrected chi connectivity index (χ2v) is 6.03. The molecule has 0 radical (unpaired) electrons. The third-order valence-electron chi connectivity index (χ3n) is 3.86. The van der Waals surface area contributed by atoms with Gasteiger partial charge in [-0.05, 0) is 62.1 Å². The lowest BCUT2D eigenvalue weighted by molar-refractivity contribution is 1.05. The van der Waals surface area contributed by atoms with E-state index < -0.39 is 0 Å². The van der Waals surface area contributed by atoms with E-state index in [-0.39, 0.29) is 0 Å². The van der Waals surface area contributed by atoms with Gasteiger partial charge in [-0.15, -0.1) is 5.73 Å². The minimum atomic E-state index is 0.848. The Morgan fingerprint density at radius 1 is 1.22 bits per heavy atom. The van der Waals surface area contributed by atoms with Gasteiger partial charge in [0.1, 0.15) is 0 Å². The van der Waals surface area contributed by atoms with Crippen molar-refractivity contribution in [3.05, 3.63) is 77.7 Å². The topological polar surface area (TPSA) is 3.24 Å². The van der Waals surface area contributed by atoms with Crippen LogP contribution >= 0.6 is 0 Å². The molecule has 0 N–H and O–H groups in total. The quantitative estimate of drug-likeness (QED) is 0.324. The van der Waals surface area contributed by atoms with Gasteiger partial charge < -0.3 is 4.90 Å². The number of rotatable bonds is 7. The molecule has 122 valence electrons. The molecule has 0 heterocycles. The van der Waals surface area contributed by atoms with Crippen molar-refractivity contribution in [2.24, 2.45) is 0 Å². The lowest BCUT2D eigenvalue weighted by Gasteiger charge is -2.25. The summed E-state index contributed by atoms with van der Waals surface area (Å²) in [4.78, 5) is 2.11. The van der Waals surface area contributed by atoms with E-state index in [2.05, 4.69) is 62.4 Å². The highest BCUT2D eigenvalue weighted by atomic mass is 15.1. The molecule has 0 amide bonds. The second kappa shape index (κ2) is 8.41. The lowest BCUT2D eigenvalue weighted by Crippen LogP contribution is -2.17. The average molecular weight is 307 g/mol. The molecule has 0 aliphatic carbocycles. The highest BCUT2D eigenvalue weighted by Gasteiger charge is 2.12. The molecule has 0 spiro atoms. The molecule has 0 fully saturated rings. The smallest absolute Gasteiger partial charge is 0.0440 e. The fourth-order valence-electron chi connectivity index (χ4n) is 2.53. The largest absolute Gasteiger partial charge is 0.345 e. The van der Waals surface area contributed by atoms with Crippen molar-refractivity contribution in [3.8, 4) is 0 Å². The van der Waals surface area contributed by atoms with Gasteiger partial charge in [0.15, 0.2) is 0 Å². The molecule has 0 saturated heterocycles. The van der Waals surface area contributed by atoms with Crippen molar-refractivity contribution in [2.75, 3.05) is 11.9 Å². The van der Waals surface area contributed by atoms with Gasteiger partial charge in [0.05, 0.1) is 0 Å². The fourth-order valence-corrected chi connectivity index (χ4v) is 2.53. The van der Waals surface area contributed by atoms with Crippen molar-refractivity contribution in [2.45, 2.75) is 40.5 Å². The summed E-state index contributed by atoms with van der Waals surface area (Å²) in [6, 6.07) is 6.58. The van der Waals surface area contributed by atoms with Crippen LogP contribution in [0.2, 0.25) is 0 Å². The van der Waals surface area contributed by atoms with E-state index in [1.54, 1.807) is 0 Å². The van der Waals surface area contributed by atoms with Crippen LogP contribution in [-0.2, 0) is 6.42 Å². The van der Waals surface area contributed by atoms with E-state index in [4.69, 9.17) is 0 Å². The number of benzene rings is 1. The summed E-state index contributed by atoms with van der Waals surface area (Å²) in [7, 11) is 2.04. The van der Waals surface area contributed by atoms with Crippen LogP contribution in [0.5, 0.6) is 0 Å². The first-order valence-corrected chi connectivity index (χ1v) is 8.08. The number of hydrogen-bond acceptors (Lipinski definition) is 1. The SMILES string of the molecule is C=C(C)CC(=C=CC)c1ccc(N(C)C(=C)C(=C)C)c(CC)c1. The maximum absolute atomic E-state index is 4.12. The third kappa shape index (κ3) is 4.87. The molecule has 1 aromatic carbocycles. The summed E-state index contributed by atoms with van der Waals surface area (Å²) in [5.74, 6) is 0. The summed E-state index contributed by atoms with van der Waals surface area (Å²) < 4.78 is 0. The van der Waals surface area contributed by atoms with Gasteiger partial charge in [-0.3, -0.25) is 0 Å². The molecule has 0 unspecified atom stereocenters. The number of allylic oxidation sites excluding steroid dienone is 3. The molecule has 0 atom stereocenters. The predicted octanol–water partition coefficient (Wildman–Crippen LogP) is 6.30. The van der Waals surface area contributed by atoms with Crippen LogP contribution in [0.3, 0.4) is 0 Å². The first kappa shape index (κ1) is 18.8. The molecule has 0 aromatic heterocycles. The Balaban J connectivity index is 3.33. The van der Waals surface area contributed by atoms with Gasteiger partial charge in [0.25, 0.3) is 0 Å². The molecule has 1 heteroatoms. The number of hydrogen-bond donors (Lipinski definition) is 0. The van der Waals surface area contributed by atoms with Crippen LogP contribution in [0.4, 0.5) is 5.69 Å². The van der Waals surface area contributed by atoms with Crippen LogP contribution in [0.15, 0.2) is 66.6 Å². The Hall–Kier alpha value is -2.24. The van der Waals surface area contributed by atoms with E-state index >= 15 is 0 Å². The van der Waals surface area contributed by atoms with Gasteiger partial charge in [-0.2, -0.15) is 0 Å². The van der Waals surface area contributed by atoms with Crippen molar-refractivity contribution >= 4 is 11.3 Å². The van der Waals surface area contributed by atoms with Crippen LogP contribution < -0.4 is 4.90 Å². The predicted molar refractivity (Wildman–Crippen MR) is 105 cm³/mol. The standard InChI is InChI=1S/C22H29N/c1-9-11-20(14-16(3)4)21-12-13-22(19(10-2)15-21)23(8)18(7)17(5)6/h9,12-13,15H,3,5,7,10,14H2,1-2,4,6,8H3. The van der Waals surface area contributed by atoms with E-state index in [1.807, 2.05) is 27.0 Å². The van der Waals surface area contributed by atoms with Crippen LogP contribution in [-0.4, -0.2) is 7.05 Å². The Kier molecular flexibility index (Phi) is 6.88. The fraction of sp³-hybridized carbons (Fsp3) is 0.318. The Bertz CT molecular complexity index is 682. The van der Waals surface area contributed by atoms with Crippen LogP contribution in [0, 0.1) is 0 Å². The minimum Gasteiger partial charge on any atom is -0.345 e. The zero-order valence-corrected chi connectivity index (χ0v) is 15.3. The molecule has 0 bridgehead atoms. The van der Waals surface area contributed by atoms with Crippen molar-refractivity contribution in [1.82, 2.24) is 0 Å². The Morgan fingerprint density at radius 2 is 1.87 bits per heavy atom. The lowest BCUT2D eigenvalue weighted by atomic mass is 9.96. The Labute approximate surface area is 142 Å². The summed E-state index contributed by atoms with van der Waals surface area (Å²) in [6.45, 7) is 20.4. The first-order chi connectivity index (χ1) is 10.8. The van der Waals surface area contributed by atoms with Crippen LogP contribution in [0.1, 0.15) is 45.2 Å². The third-order valence-corrected chi connectivity index (χ3v) is 3.86. The maximum atomic E-state index is 4.12. The first-order valence-electron chi connectivity index (χ1n) is 8.08. The molecule has 0 aliphatic heterocycles. The van der Waals surface area contributed by atoms with Crippen molar-refractivity contribution < 1.29 is 0 Å². The molecule has 0 saturated carbocycles. The van der Waals surface area contributed by atoms with Crippen molar-refractivity contribution in [3.63, 3.8) is 0 Å². The van der Waals surface area contributed by atoms with E-state index in [0.29, 0.717) is 0 Å². The van der Waals surface area contributed by atoms with Gasteiger partial charge in [0, 0.05) is 30.4 Å². The average Bonchev–Trinajstić information content (AvgIpc) is 2.51. The summed E-state index contributed by atoms with van der Waals surface area (Å²) in [5.41, 5.74) is 11.3.